The Bertz CT molecular complexity index is 502. The van der Waals surface area contributed by atoms with Crippen molar-refractivity contribution in [2.75, 3.05) is 0 Å². The van der Waals surface area contributed by atoms with Crippen LogP contribution >= 0.6 is 17.7 Å². The van der Waals surface area contributed by atoms with Crippen molar-refractivity contribution in [3.05, 3.63) is 59.7 Å². The summed E-state index contributed by atoms with van der Waals surface area (Å²) in [5.74, 6) is 0. The number of rotatable bonds is 0. The molecule has 1 heterocycles. The molecule has 0 nitrogen and oxygen atoms in total. The van der Waals surface area contributed by atoms with Gasteiger partial charge in [-0.3, -0.25) is 0 Å². The molecule has 16 heavy (non-hydrogen) atoms. The fourth-order valence-corrected chi connectivity index (χ4v) is 11.9. The van der Waals surface area contributed by atoms with Crippen molar-refractivity contribution < 1.29 is 0 Å². The Morgan fingerprint density at radius 1 is 0.750 bits per heavy atom. The molecule has 0 saturated heterocycles. The molecule has 3 heteroatoms. The van der Waals surface area contributed by atoms with Gasteiger partial charge in [-0.1, -0.05) is 0 Å². The van der Waals surface area contributed by atoms with Gasteiger partial charge in [0.15, 0.2) is 0 Å². The molecule has 0 spiro atoms. The van der Waals surface area contributed by atoms with Gasteiger partial charge >= 0.3 is 107 Å². The number of fused-ring (bicyclic) bond motifs is 2. The first kappa shape index (κ1) is 11.0. The van der Waals surface area contributed by atoms with Gasteiger partial charge in [0.05, 0.1) is 0 Å². The van der Waals surface area contributed by atoms with E-state index in [0.717, 1.165) is 6.42 Å². The summed E-state index contributed by atoms with van der Waals surface area (Å²) in [6.07, 6.45) is 0.960. The van der Waals surface area contributed by atoms with Crippen LogP contribution in [0.25, 0.3) is 0 Å². The van der Waals surface area contributed by atoms with E-state index in [1.165, 1.54) is 18.1 Å². The van der Waals surface area contributed by atoms with Gasteiger partial charge in [-0.05, 0) is 0 Å². The molecule has 0 bridgehead atoms. The predicted molar refractivity (Wildman–Crippen MR) is 72.4 cm³/mol. The van der Waals surface area contributed by atoms with Crippen LogP contribution in [0.2, 0.25) is 0 Å². The van der Waals surface area contributed by atoms with Gasteiger partial charge in [0, 0.05) is 0 Å². The first-order valence-corrected chi connectivity index (χ1v) is 14.2. The SMILES string of the molecule is [Cl][Sb]1([Cl])[c]2ccccc2Cc2cccc[c]21. The molecule has 3 rings (SSSR count). The quantitative estimate of drug-likeness (QED) is 0.635. The average molecular weight is 359 g/mol. The van der Waals surface area contributed by atoms with Crippen molar-refractivity contribution >= 4 is 41.2 Å². The van der Waals surface area contributed by atoms with E-state index in [9.17, 15) is 0 Å². The minimum atomic E-state index is -3.18. The van der Waals surface area contributed by atoms with E-state index in [1.54, 1.807) is 0 Å². The molecule has 81 valence electrons. The van der Waals surface area contributed by atoms with Gasteiger partial charge < -0.3 is 0 Å². The van der Waals surface area contributed by atoms with Crippen molar-refractivity contribution in [1.29, 1.82) is 0 Å². The van der Waals surface area contributed by atoms with E-state index in [-0.39, 0.29) is 0 Å². The molecule has 0 amide bonds. The van der Waals surface area contributed by atoms with Gasteiger partial charge in [0.25, 0.3) is 0 Å². The first-order valence-electron chi connectivity index (χ1n) is 5.15. The maximum absolute atomic E-state index is 6.70. The summed E-state index contributed by atoms with van der Waals surface area (Å²) in [5.41, 5.74) is 2.61. The molecule has 0 fully saturated rings. The van der Waals surface area contributed by atoms with Crippen molar-refractivity contribution in [2.45, 2.75) is 6.42 Å². The van der Waals surface area contributed by atoms with E-state index >= 15 is 0 Å². The zero-order chi connectivity index (χ0) is 11.2. The fraction of sp³-hybridized carbons (Fsp3) is 0.0769. The van der Waals surface area contributed by atoms with Gasteiger partial charge in [0.2, 0.25) is 0 Å². The molecule has 0 aliphatic carbocycles. The topological polar surface area (TPSA) is 0 Å². The predicted octanol–water partition coefficient (Wildman–Crippen LogP) is 2.62. The van der Waals surface area contributed by atoms with E-state index in [2.05, 4.69) is 36.4 Å². The van der Waals surface area contributed by atoms with Crippen molar-refractivity contribution in [3.8, 4) is 0 Å². The van der Waals surface area contributed by atoms with Gasteiger partial charge in [-0.25, -0.2) is 0 Å². The van der Waals surface area contributed by atoms with Crippen LogP contribution in [0.4, 0.5) is 0 Å². The van der Waals surface area contributed by atoms with E-state index < -0.39 is 16.5 Å². The molecule has 1 aliphatic heterocycles. The summed E-state index contributed by atoms with van der Waals surface area (Å²) in [5, 5.41) is 0. The monoisotopic (exact) mass is 357 g/mol. The Morgan fingerprint density at radius 3 is 1.69 bits per heavy atom. The van der Waals surface area contributed by atoms with Crippen LogP contribution < -0.4 is 7.02 Å². The molecule has 0 aromatic heterocycles. The molecule has 0 N–H and O–H groups in total. The Labute approximate surface area is 107 Å². The summed E-state index contributed by atoms with van der Waals surface area (Å²) < 4.78 is 2.42. The molecule has 1 radical (unpaired) electrons. The van der Waals surface area contributed by atoms with E-state index in [0.29, 0.717) is 0 Å². The molecule has 0 saturated carbocycles. The Balaban J connectivity index is 2.28. The molecule has 1 aliphatic rings. The van der Waals surface area contributed by atoms with Crippen LogP contribution in [0.15, 0.2) is 48.5 Å². The summed E-state index contributed by atoms with van der Waals surface area (Å²) in [6.45, 7) is 0. The Kier molecular flexibility index (Phi) is 2.70. The third kappa shape index (κ3) is 1.59. The Morgan fingerprint density at radius 2 is 1.19 bits per heavy atom. The minimum absolute atomic E-state index is 0.960. The third-order valence-electron chi connectivity index (χ3n) is 2.97. The summed E-state index contributed by atoms with van der Waals surface area (Å²) in [4.78, 5) is 0. The van der Waals surface area contributed by atoms with Crippen LogP contribution in [0.5, 0.6) is 0 Å². The van der Waals surface area contributed by atoms with Crippen LogP contribution in [0.1, 0.15) is 11.1 Å². The van der Waals surface area contributed by atoms with Crippen LogP contribution in [0, 0.1) is 0 Å². The number of halogens is 2. The normalized spacial score (nSPS) is 16.4. The van der Waals surface area contributed by atoms with E-state index in [4.69, 9.17) is 17.7 Å². The summed E-state index contributed by atoms with van der Waals surface area (Å²) in [6, 6.07) is 16.6. The summed E-state index contributed by atoms with van der Waals surface area (Å²) >= 11 is -3.18. The zero-order valence-corrected chi connectivity index (χ0v) is 12.6. The molecule has 2 aromatic rings. The maximum atomic E-state index is 6.70. The standard InChI is InChI=1S/C13H10.2ClH.Sb/c1-3-7-12(8-4-1)11-13-9-5-2-6-10-13;;;/h1-7,9H,11H2;2*1H;/q;;;+2/p-2. The first-order chi connectivity index (χ1) is 7.69. The summed E-state index contributed by atoms with van der Waals surface area (Å²) in [7, 11) is 13.4. The van der Waals surface area contributed by atoms with Gasteiger partial charge in [0.1, 0.15) is 0 Å². The zero-order valence-electron chi connectivity index (χ0n) is 8.53. The van der Waals surface area contributed by atoms with Gasteiger partial charge in [-0.2, -0.15) is 0 Å². The average Bonchev–Trinajstić information content (AvgIpc) is 2.29. The molecule has 0 atom stereocenters. The molecular formula is C13H10Cl2Sb. The van der Waals surface area contributed by atoms with Crippen molar-refractivity contribution in [1.82, 2.24) is 0 Å². The van der Waals surface area contributed by atoms with Crippen molar-refractivity contribution in [3.63, 3.8) is 0 Å². The number of hydrogen-bond acceptors (Lipinski definition) is 0. The van der Waals surface area contributed by atoms with Crippen molar-refractivity contribution in [2.24, 2.45) is 0 Å². The van der Waals surface area contributed by atoms with E-state index in [1.807, 2.05) is 12.1 Å². The molecular weight excluding hydrogens is 349 g/mol. The second-order valence-corrected chi connectivity index (χ2v) is 17.6. The third-order valence-corrected chi connectivity index (χ3v) is 13.8. The molecule has 0 unspecified atom stereocenters. The number of hydrogen-bond donors (Lipinski definition) is 0. The second kappa shape index (κ2) is 3.94. The van der Waals surface area contributed by atoms with Crippen LogP contribution in [-0.2, 0) is 6.42 Å². The van der Waals surface area contributed by atoms with Crippen LogP contribution in [-0.4, -0.2) is 16.5 Å². The van der Waals surface area contributed by atoms with Crippen LogP contribution in [0.3, 0.4) is 0 Å². The van der Waals surface area contributed by atoms with Gasteiger partial charge in [-0.15, -0.1) is 0 Å². The Hall–Kier alpha value is -0.162. The number of benzene rings is 2. The second-order valence-electron chi connectivity index (χ2n) is 3.95. The fourth-order valence-electron chi connectivity index (χ4n) is 2.20. The molecule has 2 aromatic carbocycles.